The SMILES string of the molecule is N[C@@H]1CCCN(c2ccnc3[nH]cc(N4C=CC=C(C(=O)O)C4)c23)C1. The van der Waals surface area contributed by atoms with Gasteiger partial charge in [-0.05, 0) is 31.1 Å². The van der Waals surface area contributed by atoms with Gasteiger partial charge in [0.15, 0.2) is 0 Å². The number of H-pyrrole nitrogens is 1. The number of carbonyl (C=O) groups is 1. The van der Waals surface area contributed by atoms with Crippen LogP contribution in [0.25, 0.3) is 11.0 Å². The van der Waals surface area contributed by atoms with Gasteiger partial charge in [0.05, 0.1) is 28.9 Å². The number of pyridine rings is 1. The van der Waals surface area contributed by atoms with Crippen molar-refractivity contribution in [1.29, 1.82) is 0 Å². The molecule has 0 bridgehead atoms. The van der Waals surface area contributed by atoms with Gasteiger partial charge < -0.3 is 25.6 Å². The van der Waals surface area contributed by atoms with Crippen molar-refractivity contribution >= 4 is 28.4 Å². The fraction of sp³-hybridized carbons (Fsp3) is 0.333. The molecule has 1 saturated heterocycles. The van der Waals surface area contributed by atoms with Crippen molar-refractivity contribution in [2.24, 2.45) is 5.73 Å². The highest BCUT2D eigenvalue weighted by atomic mass is 16.4. The Kier molecular flexibility index (Phi) is 3.93. The van der Waals surface area contributed by atoms with Crippen LogP contribution in [0.4, 0.5) is 11.4 Å². The highest BCUT2D eigenvalue weighted by Crippen LogP contribution is 2.36. The van der Waals surface area contributed by atoms with Gasteiger partial charge in [0.1, 0.15) is 5.65 Å². The summed E-state index contributed by atoms with van der Waals surface area (Å²) in [6.45, 7) is 2.11. The van der Waals surface area contributed by atoms with E-state index in [9.17, 15) is 9.90 Å². The maximum absolute atomic E-state index is 11.3. The lowest BCUT2D eigenvalue weighted by Crippen LogP contribution is -2.43. The Bertz CT molecular complexity index is 869. The van der Waals surface area contributed by atoms with Crippen LogP contribution < -0.4 is 15.5 Å². The molecule has 0 spiro atoms. The smallest absolute Gasteiger partial charge is 0.333 e. The van der Waals surface area contributed by atoms with Gasteiger partial charge in [0, 0.05) is 37.7 Å². The van der Waals surface area contributed by atoms with Crippen LogP contribution in [0.2, 0.25) is 0 Å². The highest BCUT2D eigenvalue weighted by Gasteiger charge is 2.23. The first-order valence-corrected chi connectivity index (χ1v) is 8.47. The zero-order chi connectivity index (χ0) is 17.4. The molecule has 0 radical (unpaired) electrons. The van der Waals surface area contributed by atoms with Gasteiger partial charge in [-0.25, -0.2) is 9.78 Å². The first-order chi connectivity index (χ1) is 12.1. The summed E-state index contributed by atoms with van der Waals surface area (Å²) in [4.78, 5) is 23.2. The van der Waals surface area contributed by atoms with E-state index in [2.05, 4.69) is 14.9 Å². The van der Waals surface area contributed by atoms with Crippen molar-refractivity contribution in [3.63, 3.8) is 0 Å². The number of piperidine rings is 1. The number of hydrogen-bond acceptors (Lipinski definition) is 5. The second kappa shape index (κ2) is 6.25. The third-order valence-electron chi connectivity index (χ3n) is 4.82. The van der Waals surface area contributed by atoms with Gasteiger partial charge in [0.25, 0.3) is 0 Å². The largest absolute Gasteiger partial charge is 0.478 e. The molecule has 0 saturated carbocycles. The van der Waals surface area contributed by atoms with E-state index >= 15 is 0 Å². The highest BCUT2D eigenvalue weighted by molar-refractivity contribution is 6.02. The van der Waals surface area contributed by atoms with E-state index in [-0.39, 0.29) is 6.04 Å². The molecule has 0 unspecified atom stereocenters. The van der Waals surface area contributed by atoms with Crippen molar-refractivity contribution in [3.05, 3.63) is 42.4 Å². The van der Waals surface area contributed by atoms with Crippen LogP contribution in [-0.2, 0) is 4.79 Å². The maximum atomic E-state index is 11.3. The van der Waals surface area contributed by atoms with Gasteiger partial charge in [0.2, 0.25) is 0 Å². The van der Waals surface area contributed by atoms with Crippen molar-refractivity contribution < 1.29 is 9.90 Å². The number of rotatable bonds is 3. The van der Waals surface area contributed by atoms with Crippen molar-refractivity contribution in [3.8, 4) is 0 Å². The topological polar surface area (TPSA) is 98.5 Å². The Labute approximate surface area is 145 Å². The van der Waals surface area contributed by atoms with Crippen molar-refractivity contribution in [1.82, 2.24) is 9.97 Å². The molecule has 130 valence electrons. The fourth-order valence-corrected chi connectivity index (χ4v) is 3.60. The number of nitrogens with one attached hydrogen (secondary N) is 1. The van der Waals surface area contributed by atoms with Gasteiger partial charge in [-0.15, -0.1) is 0 Å². The second-order valence-electron chi connectivity index (χ2n) is 6.54. The number of fused-ring (bicyclic) bond motifs is 1. The number of nitrogens with zero attached hydrogens (tertiary/aromatic N) is 3. The van der Waals surface area contributed by atoms with E-state index < -0.39 is 5.97 Å². The van der Waals surface area contributed by atoms with E-state index in [0.29, 0.717) is 12.1 Å². The summed E-state index contributed by atoms with van der Waals surface area (Å²) < 4.78 is 0. The Hall–Kier alpha value is -2.80. The Balaban J connectivity index is 1.75. The van der Waals surface area contributed by atoms with Gasteiger partial charge in [-0.1, -0.05) is 0 Å². The maximum Gasteiger partial charge on any atom is 0.333 e. The monoisotopic (exact) mass is 339 g/mol. The first-order valence-electron chi connectivity index (χ1n) is 8.47. The van der Waals surface area contributed by atoms with Gasteiger partial charge in [-0.3, -0.25) is 0 Å². The van der Waals surface area contributed by atoms with Crippen LogP contribution >= 0.6 is 0 Å². The van der Waals surface area contributed by atoms with E-state index in [0.717, 1.165) is 48.3 Å². The molecule has 4 heterocycles. The number of hydrogen-bond donors (Lipinski definition) is 3. The lowest BCUT2D eigenvalue weighted by molar-refractivity contribution is -0.132. The normalized spacial score (nSPS) is 20.8. The summed E-state index contributed by atoms with van der Waals surface area (Å²) in [6.07, 6.45) is 11.1. The second-order valence-corrected chi connectivity index (χ2v) is 6.54. The number of anilines is 2. The minimum atomic E-state index is -0.894. The van der Waals surface area contributed by atoms with Crippen LogP contribution in [0.15, 0.2) is 42.4 Å². The van der Waals surface area contributed by atoms with E-state index in [4.69, 9.17) is 5.73 Å². The third kappa shape index (κ3) is 2.87. The molecule has 2 aliphatic heterocycles. The minimum absolute atomic E-state index is 0.177. The molecule has 7 heteroatoms. The van der Waals surface area contributed by atoms with Crippen LogP contribution in [0.3, 0.4) is 0 Å². The molecule has 0 amide bonds. The predicted molar refractivity (Wildman–Crippen MR) is 97.7 cm³/mol. The lowest BCUT2D eigenvalue weighted by atomic mass is 10.0. The van der Waals surface area contributed by atoms with Crippen molar-refractivity contribution in [2.45, 2.75) is 18.9 Å². The summed E-state index contributed by atoms with van der Waals surface area (Å²) in [7, 11) is 0. The summed E-state index contributed by atoms with van der Waals surface area (Å²) >= 11 is 0. The molecule has 2 aliphatic rings. The zero-order valence-corrected chi connectivity index (χ0v) is 13.9. The summed E-state index contributed by atoms with van der Waals surface area (Å²) in [6, 6.07) is 2.19. The average Bonchev–Trinajstić information content (AvgIpc) is 3.06. The van der Waals surface area contributed by atoms with Crippen LogP contribution in [-0.4, -0.2) is 46.7 Å². The summed E-state index contributed by atoms with van der Waals surface area (Å²) in [5.41, 5.74) is 9.34. The number of nitrogens with two attached hydrogens (primary N) is 1. The molecular weight excluding hydrogens is 318 g/mol. The Morgan fingerprint density at radius 3 is 3.08 bits per heavy atom. The fourth-order valence-electron chi connectivity index (χ4n) is 3.60. The third-order valence-corrected chi connectivity index (χ3v) is 4.82. The molecule has 0 aliphatic carbocycles. The minimum Gasteiger partial charge on any atom is -0.478 e. The molecule has 25 heavy (non-hydrogen) atoms. The number of aromatic amines is 1. The number of aliphatic carboxylic acids is 1. The standard InChI is InChI=1S/C18H21N5O2/c19-13-4-2-8-23(11-13)14-5-6-20-17-16(14)15(9-21-17)22-7-1-3-12(10-22)18(24)25/h1,3,5-7,9,13H,2,4,8,10-11,19H2,(H,20,21)(H,24,25)/t13-/m1/s1. The molecule has 2 aromatic rings. The number of allylic oxidation sites excluding steroid dienone is 2. The molecule has 0 aromatic carbocycles. The molecule has 7 nitrogen and oxygen atoms in total. The summed E-state index contributed by atoms with van der Waals surface area (Å²) in [5, 5.41) is 10.3. The lowest BCUT2D eigenvalue weighted by Gasteiger charge is -2.33. The summed E-state index contributed by atoms with van der Waals surface area (Å²) in [5.74, 6) is -0.894. The van der Waals surface area contributed by atoms with E-state index in [1.807, 2.05) is 23.4 Å². The Morgan fingerprint density at radius 1 is 1.40 bits per heavy atom. The van der Waals surface area contributed by atoms with E-state index in [1.165, 1.54) is 0 Å². The average molecular weight is 339 g/mol. The molecule has 2 aromatic heterocycles. The number of carboxylic acid groups (broad SMARTS) is 1. The van der Waals surface area contributed by atoms with Crippen LogP contribution in [0.5, 0.6) is 0 Å². The van der Waals surface area contributed by atoms with Crippen LogP contribution in [0, 0.1) is 0 Å². The number of carboxylic acids is 1. The van der Waals surface area contributed by atoms with Gasteiger partial charge >= 0.3 is 5.97 Å². The number of aromatic nitrogens is 2. The van der Waals surface area contributed by atoms with Crippen molar-refractivity contribution in [2.75, 3.05) is 29.4 Å². The molecule has 1 atom stereocenters. The predicted octanol–water partition coefficient (Wildman–Crippen LogP) is 1.84. The molecule has 1 fully saturated rings. The zero-order valence-electron chi connectivity index (χ0n) is 13.9. The molecular formula is C18H21N5O2. The Morgan fingerprint density at radius 2 is 2.28 bits per heavy atom. The quantitative estimate of drug-likeness (QED) is 0.789. The van der Waals surface area contributed by atoms with E-state index in [1.54, 1.807) is 18.3 Å². The molecule has 4 rings (SSSR count). The van der Waals surface area contributed by atoms with Gasteiger partial charge in [-0.2, -0.15) is 0 Å². The molecule has 4 N–H and O–H groups in total. The van der Waals surface area contributed by atoms with Crippen LogP contribution in [0.1, 0.15) is 12.8 Å². The first kappa shape index (κ1) is 15.7.